The monoisotopic (exact) mass is 511 g/mol. The molecule has 0 aromatic rings. The topological polar surface area (TPSA) is 169 Å². The average Bonchev–Trinajstić information content (AvgIpc) is 3.27. The van der Waals surface area contributed by atoms with E-state index in [2.05, 4.69) is 21.3 Å². The van der Waals surface area contributed by atoms with E-state index < -0.39 is 47.4 Å². The van der Waals surface area contributed by atoms with Crippen LogP contribution in [0.4, 0.5) is 0 Å². The number of nitrogens with one attached hydrogen (secondary N) is 4. The Balaban J connectivity index is 3.03. The third-order valence-corrected chi connectivity index (χ3v) is 5.68. The molecule has 0 aliphatic carbocycles. The molecule has 6 N–H and O–H groups in total. The van der Waals surface area contributed by atoms with Gasteiger partial charge in [0.1, 0.15) is 23.7 Å². The minimum atomic E-state index is -1.14. The first-order valence-corrected chi connectivity index (χ1v) is 12.8. The van der Waals surface area contributed by atoms with E-state index in [1.807, 2.05) is 13.8 Å². The van der Waals surface area contributed by atoms with Crippen LogP contribution >= 0.6 is 0 Å². The van der Waals surface area contributed by atoms with Crippen molar-refractivity contribution in [1.29, 1.82) is 0 Å². The van der Waals surface area contributed by atoms with Gasteiger partial charge in [0, 0.05) is 6.42 Å². The van der Waals surface area contributed by atoms with Gasteiger partial charge in [-0.05, 0) is 64.8 Å². The largest absolute Gasteiger partial charge is 0.460 e. The van der Waals surface area contributed by atoms with Crippen molar-refractivity contribution < 1.29 is 28.7 Å². The fourth-order valence-corrected chi connectivity index (χ4v) is 3.90. The van der Waals surface area contributed by atoms with Gasteiger partial charge in [-0.3, -0.25) is 24.0 Å². The molecule has 11 nitrogen and oxygen atoms in total. The maximum Gasteiger partial charge on any atom is 0.306 e. The van der Waals surface area contributed by atoms with Crippen LogP contribution in [0, 0.1) is 11.8 Å². The highest BCUT2D eigenvalue weighted by Gasteiger charge is 2.32. The van der Waals surface area contributed by atoms with Crippen LogP contribution in [-0.2, 0) is 28.7 Å². The molecular formula is C25H45N5O6. The minimum absolute atomic E-state index is 0.0530. The number of ether oxygens (including phenoxy) is 1. The first kappa shape index (κ1) is 31.3. The van der Waals surface area contributed by atoms with Crippen molar-refractivity contribution >= 4 is 29.6 Å². The van der Waals surface area contributed by atoms with E-state index in [0.29, 0.717) is 12.8 Å². The SMILES string of the molecule is CC(C)C[C@H](NC(=O)[C@@H]1CCCN1)C(=O)N[C@@H](CCC(=O)OC(C)(C)C)C(=O)N[C@H](C(N)=O)C(C)C. The molecule has 0 bridgehead atoms. The minimum Gasteiger partial charge on any atom is -0.460 e. The summed E-state index contributed by atoms with van der Waals surface area (Å²) in [6, 6.07) is -3.31. The fourth-order valence-electron chi connectivity index (χ4n) is 3.90. The molecule has 206 valence electrons. The molecule has 0 spiro atoms. The summed E-state index contributed by atoms with van der Waals surface area (Å²) in [5.74, 6) is -2.87. The second-order valence-electron chi connectivity index (χ2n) is 11.2. The van der Waals surface area contributed by atoms with E-state index in [0.717, 1.165) is 13.0 Å². The predicted molar refractivity (Wildman–Crippen MR) is 135 cm³/mol. The highest BCUT2D eigenvalue weighted by molar-refractivity contribution is 5.94. The molecule has 0 radical (unpaired) electrons. The summed E-state index contributed by atoms with van der Waals surface area (Å²) in [5.41, 5.74) is 4.73. The summed E-state index contributed by atoms with van der Waals surface area (Å²) in [5, 5.41) is 11.2. The van der Waals surface area contributed by atoms with Crippen molar-refractivity contribution in [3.8, 4) is 0 Å². The van der Waals surface area contributed by atoms with Gasteiger partial charge in [-0.1, -0.05) is 27.7 Å². The van der Waals surface area contributed by atoms with E-state index in [9.17, 15) is 24.0 Å². The predicted octanol–water partition coefficient (Wildman–Crippen LogP) is 0.502. The van der Waals surface area contributed by atoms with Gasteiger partial charge in [0.15, 0.2) is 0 Å². The standard InChI is InChI=1S/C25H45N5O6/c1-14(2)13-18(29-22(33)16-9-8-12-27-16)24(35)28-17(10-11-19(31)36-25(5,6)7)23(34)30-20(15(3)4)21(26)32/h14-18,20,27H,8-13H2,1-7H3,(H2,26,32)(H,28,35)(H,29,33)(H,30,34)/t16-,17-,18-,20-/m0/s1. The Kier molecular flexibility index (Phi) is 12.3. The maximum absolute atomic E-state index is 13.2. The van der Waals surface area contributed by atoms with Crippen LogP contribution < -0.4 is 27.0 Å². The van der Waals surface area contributed by atoms with Crippen LogP contribution in [0.25, 0.3) is 0 Å². The van der Waals surface area contributed by atoms with Crippen molar-refractivity contribution in [3.05, 3.63) is 0 Å². The van der Waals surface area contributed by atoms with E-state index in [4.69, 9.17) is 10.5 Å². The van der Waals surface area contributed by atoms with Crippen molar-refractivity contribution in [2.24, 2.45) is 17.6 Å². The highest BCUT2D eigenvalue weighted by atomic mass is 16.6. The zero-order valence-corrected chi connectivity index (χ0v) is 22.7. The van der Waals surface area contributed by atoms with Crippen LogP contribution in [0.5, 0.6) is 0 Å². The smallest absolute Gasteiger partial charge is 0.306 e. The summed E-state index contributed by atoms with van der Waals surface area (Å²) in [7, 11) is 0. The van der Waals surface area contributed by atoms with Crippen LogP contribution in [0.3, 0.4) is 0 Å². The molecular weight excluding hydrogens is 466 g/mol. The first-order valence-electron chi connectivity index (χ1n) is 12.8. The van der Waals surface area contributed by atoms with E-state index in [1.54, 1.807) is 34.6 Å². The summed E-state index contributed by atoms with van der Waals surface area (Å²) < 4.78 is 5.32. The Hall–Kier alpha value is -2.69. The van der Waals surface area contributed by atoms with Gasteiger partial charge in [0.05, 0.1) is 6.04 Å². The van der Waals surface area contributed by atoms with Crippen LogP contribution in [0.2, 0.25) is 0 Å². The van der Waals surface area contributed by atoms with Crippen LogP contribution in [-0.4, -0.2) is 65.9 Å². The van der Waals surface area contributed by atoms with E-state index in [-0.39, 0.29) is 36.6 Å². The number of nitrogens with two attached hydrogens (primary N) is 1. The second kappa shape index (κ2) is 14.2. The fraction of sp³-hybridized carbons (Fsp3) is 0.800. The van der Waals surface area contributed by atoms with Gasteiger partial charge < -0.3 is 31.7 Å². The van der Waals surface area contributed by atoms with Gasteiger partial charge in [0.2, 0.25) is 23.6 Å². The molecule has 4 atom stereocenters. The third kappa shape index (κ3) is 11.4. The Morgan fingerprint density at radius 3 is 2.06 bits per heavy atom. The Bertz CT molecular complexity index is 786. The van der Waals surface area contributed by atoms with Gasteiger partial charge in [0.25, 0.3) is 0 Å². The molecule has 11 heteroatoms. The molecule has 0 aromatic heterocycles. The lowest BCUT2D eigenvalue weighted by atomic mass is 10.0. The molecule has 0 unspecified atom stereocenters. The summed E-state index contributed by atoms with van der Waals surface area (Å²) >= 11 is 0. The van der Waals surface area contributed by atoms with Crippen molar-refractivity contribution in [1.82, 2.24) is 21.3 Å². The van der Waals surface area contributed by atoms with Gasteiger partial charge in [-0.25, -0.2) is 0 Å². The number of rotatable bonds is 13. The summed E-state index contributed by atoms with van der Waals surface area (Å²) in [4.78, 5) is 63.1. The number of hydrogen-bond donors (Lipinski definition) is 5. The number of hydrogen-bond acceptors (Lipinski definition) is 7. The first-order chi connectivity index (χ1) is 16.6. The molecule has 1 aliphatic heterocycles. The summed E-state index contributed by atoms with van der Waals surface area (Å²) in [6.07, 6.45) is 1.74. The Morgan fingerprint density at radius 2 is 1.58 bits per heavy atom. The molecule has 1 fully saturated rings. The molecule has 1 saturated heterocycles. The Morgan fingerprint density at radius 1 is 0.972 bits per heavy atom. The van der Waals surface area contributed by atoms with Crippen molar-refractivity contribution in [2.45, 2.75) is 110 Å². The lowest BCUT2D eigenvalue weighted by Crippen LogP contribution is -2.58. The molecule has 1 aliphatic rings. The molecule has 0 saturated carbocycles. The maximum atomic E-state index is 13.2. The summed E-state index contributed by atoms with van der Waals surface area (Å²) in [6.45, 7) is 13.2. The normalized spacial score (nSPS) is 18.3. The van der Waals surface area contributed by atoms with Crippen molar-refractivity contribution in [2.75, 3.05) is 6.54 Å². The second-order valence-corrected chi connectivity index (χ2v) is 11.2. The third-order valence-electron chi connectivity index (χ3n) is 5.68. The molecule has 0 aromatic carbocycles. The van der Waals surface area contributed by atoms with Gasteiger partial charge in [-0.2, -0.15) is 0 Å². The van der Waals surface area contributed by atoms with Gasteiger partial charge >= 0.3 is 5.97 Å². The van der Waals surface area contributed by atoms with E-state index in [1.165, 1.54) is 0 Å². The number of carbonyl (C=O) groups is 5. The number of primary amides is 1. The highest BCUT2D eigenvalue weighted by Crippen LogP contribution is 2.13. The van der Waals surface area contributed by atoms with E-state index >= 15 is 0 Å². The molecule has 4 amide bonds. The molecule has 1 heterocycles. The molecule has 1 rings (SSSR count). The number of carbonyl (C=O) groups excluding carboxylic acids is 5. The van der Waals surface area contributed by atoms with Crippen LogP contribution in [0.15, 0.2) is 0 Å². The lowest BCUT2D eigenvalue weighted by Gasteiger charge is -2.27. The molecule has 36 heavy (non-hydrogen) atoms. The van der Waals surface area contributed by atoms with Gasteiger partial charge in [-0.15, -0.1) is 0 Å². The zero-order valence-electron chi connectivity index (χ0n) is 22.7. The quantitative estimate of drug-likeness (QED) is 0.224. The van der Waals surface area contributed by atoms with Crippen LogP contribution in [0.1, 0.15) is 80.6 Å². The number of amides is 4. The zero-order chi connectivity index (χ0) is 27.6. The average molecular weight is 512 g/mol. The lowest BCUT2D eigenvalue weighted by molar-refractivity contribution is -0.155. The Labute approximate surface area is 214 Å². The van der Waals surface area contributed by atoms with Crippen molar-refractivity contribution in [3.63, 3.8) is 0 Å². The number of esters is 1.